The van der Waals surface area contributed by atoms with E-state index in [1.807, 2.05) is 12.1 Å². The molecular weight excluding hydrogens is 346 g/mol. The van der Waals surface area contributed by atoms with Crippen molar-refractivity contribution in [1.29, 1.82) is 0 Å². The molecule has 1 aromatic carbocycles. The summed E-state index contributed by atoms with van der Waals surface area (Å²) in [6.07, 6.45) is 0. The highest BCUT2D eigenvalue weighted by molar-refractivity contribution is 6.00. The smallest absolute Gasteiger partial charge is 0.340 e. The van der Waals surface area contributed by atoms with E-state index in [9.17, 15) is 14.7 Å². The fourth-order valence-electron chi connectivity index (χ4n) is 3.46. The zero-order valence-electron chi connectivity index (χ0n) is 15.9. The molecule has 2 aromatic rings. The Balaban J connectivity index is 1.70. The van der Waals surface area contributed by atoms with Crippen molar-refractivity contribution in [2.45, 2.75) is 20.8 Å². The number of aromatic nitrogens is 1. The Labute approximate surface area is 158 Å². The van der Waals surface area contributed by atoms with Crippen LogP contribution in [-0.4, -0.2) is 59.7 Å². The van der Waals surface area contributed by atoms with Crippen LogP contribution in [0.1, 0.15) is 39.0 Å². The molecule has 0 bridgehead atoms. The number of hydrogen-bond donors (Lipinski definition) is 2. The second kappa shape index (κ2) is 7.73. The van der Waals surface area contributed by atoms with Crippen LogP contribution >= 0.6 is 0 Å². The number of benzene rings is 1. The summed E-state index contributed by atoms with van der Waals surface area (Å²) in [4.78, 5) is 32.1. The summed E-state index contributed by atoms with van der Waals surface area (Å²) < 4.78 is 5.09. The topological polar surface area (TPSA) is 85.9 Å². The van der Waals surface area contributed by atoms with Gasteiger partial charge in [0.05, 0.1) is 12.2 Å². The second-order valence-corrected chi connectivity index (χ2v) is 6.64. The van der Waals surface area contributed by atoms with Crippen molar-refractivity contribution in [2.24, 2.45) is 0 Å². The number of rotatable bonds is 4. The molecule has 1 amide bonds. The van der Waals surface area contributed by atoms with E-state index in [1.165, 1.54) is 0 Å². The Morgan fingerprint density at radius 1 is 1.11 bits per heavy atom. The molecule has 1 saturated heterocycles. The fourth-order valence-corrected chi connectivity index (χ4v) is 3.46. The van der Waals surface area contributed by atoms with E-state index in [1.54, 1.807) is 37.8 Å². The van der Waals surface area contributed by atoms with Crippen LogP contribution in [-0.2, 0) is 4.74 Å². The van der Waals surface area contributed by atoms with Crippen LogP contribution in [0.5, 0.6) is 5.75 Å². The van der Waals surface area contributed by atoms with Crippen LogP contribution in [0.2, 0.25) is 0 Å². The predicted molar refractivity (Wildman–Crippen MR) is 102 cm³/mol. The summed E-state index contributed by atoms with van der Waals surface area (Å²) in [5.74, 6) is -0.265. The molecule has 1 aliphatic rings. The molecule has 7 nitrogen and oxygen atoms in total. The van der Waals surface area contributed by atoms with Gasteiger partial charge in [0.1, 0.15) is 11.4 Å². The zero-order chi connectivity index (χ0) is 19.6. The maximum Gasteiger partial charge on any atom is 0.340 e. The summed E-state index contributed by atoms with van der Waals surface area (Å²) in [5, 5.41) is 9.41. The summed E-state index contributed by atoms with van der Waals surface area (Å²) >= 11 is 0. The number of phenolic OH excluding ortho intramolecular Hbond substituents is 1. The minimum Gasteiger partial charge on any atom is -0.508 e. The fraction of sp³-hybridized carbons (Fsp3) is 0.400. The van der Waals surface area contributed by atoms with E-state index in [4.69, 9.17) is 4.74 Å². The lowest BCUT2D eigenvalue weighted by Gasteiger charge is -2.36. The van der Waals surface area contributed by atoms with Gasteiger partial charge in [-0.15, -0.1) is 0 Å². The van der Waals surface area contributed by atoms with Crippen LogP contribution in [0.3, 0.4) is 0 Å². The number of nitrogens with zero attached hydrogens (tertiary/aromatic N) is 2. The van der Waals surface area contributed by atoms with E-state index < -0.39 is 5.97 Å². The van der Waals surface area contributed by atoms with Crippen LogP contribution in [0.25, 0.3) is 0 Å². The molecule has 2 heterocycles. The molecule has 0 spiro atoms. The third-order valence-electron chi connectivity index (χ3n) is 4.91. The SMILES string of the molecule is CCOC(=O)c1c(C)[nH]c(C(=O)N2CCN(c3ccc(O)cc3)CC2)c1C. The van der Waals surface area contributed by atoms with Crippen molar-refractivity contribution in [1.82, 2.24) is 9.88 Å². The largest absolute Gasteiger partial charge is 0.508 e. The monoisotopic (exact) mass is 371 g/mol. The Bertz CT molecular complexity index is 834. The Hall–Kier alpha value is -2.96. The van der Waals surface area contributed by atoms with Gasteiger partial charge in [-0.2, -0.15) is 0 Å². The number of amides is 1. The van der Waals surface area contributed by atoms with Gasteiger partial charge in [0, 0.05) is 37.6 Å². The summed E-state index contributed by atoms with van der Waals surface area (Å²) in [7, 11) is 0. The number of piperazine rings is 1. The number of nitrogens with one attached hydrogen (secondary N) is 1. The van der Waals surface area contributed by atoms with Gasteiger partial charge in [-0.25, -0.2) is 4.79 Å². The predicted octanol–water partition coefficient (Wildman–Crippen LogP) is 2.48. The molecule has 2 N–H and O–H groups in total. The van der Waals surface area contributed by atoms with Crippen molar-refractivity contribution < 1.29 is 19.4 Å². The number of anilines is 1. The van der Waals surface area contributed by atoms with Crippen molar-refractivity contribution >= 4 is 17.6 Å². The quantitative estimate of drug-likeness (QED) is 0.807. The first-order valence-electron chi connectivity index (χ1n) is 9.12. The summed E-state index contributed by atoms with van der Waals surface area (Å²) in [6, 6.07) is 7.07. The van der Waals surface area contributed by atoms with E-state index in [0.29, 0.717) is 55.3 Å². The first kappa shape index (κ1) is 18.8. The van der Waals surface area contributed by atoms with Crippen LogP contribution < -0.4 is 4.90 Å². The lowest BCUT2D eigenvalue weighted by atomic mass is 10.1. The number of esters is 1. The molecule has 0 aliphatic carbocycles. The van der Waals surface area contributed by atoms with Gasteiger partial charge < -0.3 is 24.6 Å². The Kier molecular flexibility index (Phi) is 5.39. The Morgan fingerprint density at radius 2 is 1.74 bits per heavy atom. The van der Waals surface area contributed by atoms with Crippen molar-refractivity contribution in [3.63, 3.8) is 0 Å². The van der Waals surface area contributed by atoms with Gasteiger partial charge in [0.25, 0.3) is 5.91 Å². The molecule has 1 fully saturated rings. The maximum atomic E-state index is 12.9. The lowest BCUT2D eigenvalue weighted by molar-refractivity contribution is 0.0525. The van der Waals surface area contributed by atoms with E-state index in [2.05, 4.69) is 9.88 Å². The second-order valence-electron chi connectivity index (χ2n) is 6.64. The number of carbonyl (C=O) groups is 2. The highest BCUT2D eigenvalue weighted by atomic mass is 16.5. The van der Waals surface area contributed by atoms with Gasteiger partial charge in [-0.05, 0) is 50.6 Å². The molecule has 0 atom stereocenters. The molecule has 3 rings (SSSR count). The van der Waals surface area contributed by atoms with Crippen LogP contribution in [0.15, 0.2) is 24.3 Å². The van der Waals surface area contributed by atoms with E-state index in [-0.39, 0.29) is 11.7 Å². The third kappa shape index (κ3) is 3.77. The van der Waals surface area contributed by atoms with Gasteiger partial charge in [0.2, 0.25) is 0 Å². The van der Waals surface area contributed by atoms with E-state index >= 15 is 0 Å². The molecule has 144 valence electrons. The molecule has 0 saturated carbocycles. The van der Waals surface area contributed by atoms with Crippen LogP contribution in [0, 0.1) is 13.8 Å². The maximum absolute atomic E-state index is 12.9. The highest BCUT2D eigenvalue weighted by Gasteiger charge is 2.28. The minimum atomic E-state index is -0.403. The third-order valence-corrected chi connectivity index (χ3v) is 4.91. The first-order chi connectivity index (χ1) is 12.9. The average Bonchev–Trinajstić information content (AvgIpc) is 2.96. The van der Waals surface area contributed by atoms with Crippen LogP contribution in [0.4, 0.5) is 5.69 Å². The highest BCUT2D eigenvalue weighted by Crippen LogP contribution is 2.23. The number of phenols is 1. The number of aromatic hydroxyl groups is 1. The molecule has 27 heavy (non-hydrogen) atoms. The number of hydrogen-bond acceptors (Lipinski definition) is 5. The van der Waals surface area contributed by atoms with Gasteiger partial charge in [-0.3, -0.25) is 4.79 Å². The normalized spacial score (nSPS) is 14.3. The van der Waals surface area contributed by atoms with Gasteiger partial charge in [-0.1, -0.05) is 0 Å². The van der Waals surface area contributed by atoms with Gasteiger partial charge >= 0.3 is 5.97 Å². The molecule has 1 aromatic heterocycles. The number of ether oxygens (including phenoxy) is 1. The number of carbonyl (C=O) groups excluding carboxylic acids is 2. The molecule has 0 radical (unpaired) electrons. The number of aryl methyl sites for hydroxylation is 1. The van der Waals surface area contributed by atoms with Crippen molar-refractivity contribution in [2.75, 3.05) is 37.7 Å². The molecule has 1 aliphatic heterocycles. The molecule has 0 unspecified atom stereocenters. The lowest BCUT2D eigenvalue weighted by Crippen LogP contribution is -2.49. The standard InChI is InChI=1S/C20H25N3O4/c1-4-27-20(26)17-13(2)18(21-14(17)3)19(25)23-11-9-22(10-12-23)15-5-7-16(24)8-6-15/h5-8,21,24H,4,9-12H2,1-3H3. The summed E-state index contributed by atoms with van der Waals surface area (Å²) in [6.45, 7) is 8.20. The van der Waals surface area contributed by atoms with E-state index in [0.717, 1.165) is 5.69 Å². The number of H-pyrrole nitrogens is 1. The average molecular weight is 371 g/mol. The van der Waals surface area contributed by atoms with Gasteiger partial charge in [0.15, 0.2) is 0 Å². The number of aromatic amines is 1. The zero-order valence-corrected chi connectivity index (χ0v) is 15.9. The Morgan fingerprint density at radius 3 is 2.33 bits per heavy atom. The molecular formula is C20H25N3O4. The molecule has 7 heteroatoms. The van der Waals surface area contributed by atoms with Crippen molar-refractivity contribution in [3.8, 4) is 5.75 Å². The first-order valence-corrected chi connectivity index (χ1v) is 9.12. The van der Waals surface area contributed by atoms with Crippen molar-refractivity contribution in [3.05, 3.63) is 46.8 Å². The summed E-state index contributed by atoms with van der Waals surface area (Å²) in [5.41, 5.74) is 3.21. The minimum absolute atomic E-state index is 0.100.